The molecule has 11 nitrogen and oxygen atoms in total. The Morgan fingerprint density at radius 1 is 0.939 bits per heavy atom. The van der Waals surface area contributed by atoms with Crippen LogP contribution in [0.1, 0.15) is 61.9 Å². The van der Waals surface area contributed by atoms with Crippen molar-refractivity contribution in [3.8, 4) is 0 Å². The van der Waals surface area contributed by atoms with Crippen LogP contribution in [0.5, 0.6) is 0 Å². The van der Waals surface area contributed by atoms with Gasteiger partial charge in [-0.2, -0.15) is 13.2 Å². The van der Waals surface area contributed by atoms with Gasteiger partial charge < -0.3 is 15.0 Å². The number of sulfonamides is 1. The Balaban J connectivity index is 0.931. The maximum absolute atomic E-state index is 14.2. The van der Waals surface area contributed by atoms with Gasteiger partial charge in [-0.05, 0) is 115 Å². The minimum absolute atomic E-state index is 0.000470. The fraction of sp³-hybridized carbons (Fsp3) is 0.438. The molecule has 354 valence electrons. The van der Waals surface area contributed by atoms with Crippen LogP contribution < -0.4 is 14.9 Å². The number of morpholine rings is 1. The number of carbonyl (C=O) groups excluding carboxylic acids is 1. The second kappa shape index (κ2) is 19.9. The van der Waals surface area contributed by atoms with E-state index in [1.165, 1.54) is 40.6 Å². The largest absolute Gasteiger partial charge is 0.501 e. The zero-order valence-electron chi connectivity index (χ0n) is 36.9. The summed E-state index contributed by atoms with van der Waals surface area (Å²) in [6, 6.07) is 26.1. The monoisotopic (exact) mass is 985 g/mol. The number of nitrogens with zero attached hydrogens (tertiary/aromatic N) is 3. The van der Waals surface area contributed by atoms with Crippen molar-refractivity contribution in [2.24, 2.45) is 5.41 Å². The minimum Gasteiger partial charge on any atom is -0.380 e. The fourth-order valence-corrected chi connectivity index (χ4v) is 12.5. The molecule has 0 spiro atoms. The van der Waals surface area contributed by atoms with Crippen LogP contribution in [-0.4, -0.2) is 114 Å². The predicted octanol–water partition coefficient (Wildman–Crippen LogP) is 8.97. The number of fused-ring (bicyclic) bond motifs is 2. The van der Waals surface area contributed by atoms with Crippen molar-refractivity contribution in [3.63, 3.8) is 0 Å². The predicted molar refractivity (Wildman–Crippen MR) is 254 cm³/mol. The number of rotatable bonds is 16. The number of carbonyl (C=O) groups is 1. The number of nitrogens with one attached hydrogen (secondary N) is 2. The van der Waals surface area contributed by atoms with Gasteiger partial charge in [0.1, 0.15) is 4.90 Å². The Kier molecular flexibility index (Phi) is 14.5. The number of sulfone groups is 1. The number of hydrogen-bond donors (Lipinski definition) is 2. The van der Waals surface area contributed by atoms with Crippen molar-refractivity contribution >= 4 is 66.1 Å². The smallest absolute Gasteiger partial charge is 0.380 e. The number of allylic oxidation sites excluding steroid dienone is 1. The van der Waals surface area contributed by atoms with Crippen LogP contribution in [0.15, 0.2) is 117 Å². The van der Waals surface area contributed by atoms with E-state index in [0.717, 1.165) is 87.7 Å². The van der Waals surface area contributed by atoms with Crippen molar-refractivity contribution in [2.45, 2.75) is 84.3 Å². The zero-order chi connectivity index (χ0) is 46.9. The van der Waals surface area contributed by atoms with E-state index in [9.17, 15) is 34.8 Å². The second-order valence-corrected chi connectivity index (χ2v) is 23.5. The van der Waals surface area contributed by atoms with E-state index in [2.05, 4.69) is 46.0 Å². The Bertz CT molecular complexity index is 2630. The molecule has 2 bridgehead atoms. The molecular formula is C48H55ClF3N5O6S3. The summed E-state index contributed by atoms with van der Waals surface area (Å²) in [5, 5.41) is 3.74. The lowest BCUT2D eigenvalue weighted by molar-refractivity contribution is -0.0435. The lowest BCUT2D eigenvalue weighted by Gasteiger charge is -2.39. The molecule has 0 aromatic heterocycles. The van der Waals surface area contributed by atoms with Gasteiger partial charge in [-0.3, -0.25) is 14.6 Å². The first kappa shape index (κ1) is 48.4. The highest BCUT2D eigenvalue weighted by Crippen LogP contribution is 2.43. The van der Waals surface area contributed by atoms with Gasteiger partial charge in [-0.1, -0.05) is 61.4 Å². The molecule has 3 aliphatic heterocycles. The molecule has 2 N–H and O–H groups in total. The van der Waals surface area contributed by atoms with Crippen LogP contribution >= 0.6 is 23.4 Å². The molecule has 4 aromatic rings. The molecule has 1 aliphatic carbocycles. The second-order valence-electron chi connectivity index (χ2n) is 18.4. The summed E-state index contributed by atoms with van der Waals surface area (Å²) >= 11 is 7.65. The maximum Gasteiger partial charge on any atom is 0.501 e. The first-order chi connectivity index (χ1) is 31.3. The third-order valence-corrected chi connectivity index (χ3v) is 17.3. The standard InChI is InChI=1S/C48H55ClF3N5O6S3/c1-47(2)20-18-43(33-8-12-36(49)13-9-33)35(28-47)29-55-22-24-56(25-23-55)38-14-10-34(11-15-38)46(58)54-66(61,62)42-16-17-44(45(27-42)65(59,60)48(50,51)52)53-37(32-64-41-6-4-3-5-7-41)19-21-57-30-40-26-39(57)31-63-40/h3-17,27,37,39-40,53H,18-26,28-32H2,1-2H3,(H,54,58)/t37?,39?,40-/m1/s1. The summed E-state index contributed by atoms with van der Waals surface area (Å²) in [5.74, 6) is -0.643. The Morgan fingerprint density at radius 2 is 1.65 bits per heavy atom. The van der Waals surface area contributed by atoms with Crippen LogP contribution in [0, 0.1) is 5.41 Å². The van der Waals surface area contributed by atoms with E-state index >= 15 is 0 Å². The van der Waals surface area contributed by atoms with E-state index in [-0.39, 0.29) is 23.1 Å². The van der Waals surface area contributed by atoms with E-state index in [4.69, 9.17) is 16.3 Å². The molecule has 66 heavy (non-hydrogen) atoms. The van der Waals surface area contributed by atoms with E-state index in [1.807, 2.05) is 47.2 Å². The van der Waals surface area contributed by atoms with Gasteiger partial charge in [0, 0.05) is 84.8 Å². The average molecular weight is 987 g/mol. The van der Waals surface area contributed by atoms with Crippen molar-refractivity contribution in [3.05, 3.63) is 119 Å². The molecule has 0 saturated carbocycles. The van der Waals surface area contributed by atoms with Gasteiger partial charge in [0.25, 0.3) is 25.8 Å². The SMILES string of the molecule is CC1(C)CCC(c2ccc(Cl)cc2)=C(CN2CCN(c3ccc(C(=O)NS(=O)(=O)c4ccc(NC(CCN5C[C@H]6CC5CO6)CSc5ccccc5)c(S(=O)(=O)C(F)(F)F)c4)cc3)CC2)C1. The normalized spacial score (nSPS) is 21.0. The summed E-state index contributed by atoms with van der Waals surface area (Å²) in [7, 11) is -10.9. The number of thioether (sulfide) groups is 1. The number of hydrogen-bond acceptors (Lipinski definition) is 11. The van der Waals surface area contributed by atoms with Gasteiger partial charge in [0.05, 0.1) is 23.3 Å². The quantitative estimate of drug-likeness (QED) is 0.105. The number of amides is 1. The number of benzene rings is 4. The Labute approximate surface area is 395 Å². The molecule has 4 aliphatic rings. The number of halogens is 4. The number of ether oxygens (including phenoxy) is 1. The molecule has 3 saturated heterocycles. The van der Waals surface area contributed by atoms with E-state index < -0.39 is 52.8 Å². The van der Waals surface area contributed by atoms with Gasteiger partial charge in [0.2, 0.25) is 0 Å². The number of likely N-dealkylation sites (tertiary alicyclic amines) is 1. The Hall–Kier alpha value is -4.10. The van der Waals surface area contributed by atoms with Crippen molar-refractivity contribution in [1.29, 1.82) is 0 Å². The summed E-state index contributed by atoms with van der Waals surface area (Å²) in [6.45, 7) is 10.6. The molecule has 3 heterocycles. The lowest BCUT2D eigenvalue weighted by Crippen LogP contribution is -2.47. The molecule has 2 unspecified atom stereocenters. The number of alkyl halides is 3. The first-order valence-electron chi connectivity index (χ1n) is 22.2. The zero-order valence-corrected chi connectivity index (χ0v) is 40.1. The van der Waals surface area contributed by atoms with Crippen molar-refractivity contribution in [2.75, 3.05) is 68.4 Å². The van der Waals surface area contributed by atoms with Gasteiger partial charge in [0.15, 0.2) is 0 Å². The van der Waals surface area contributed by atoms with Crippen LogP contribution in [-0.2, 0) is 24.6 Å². The topological polar surface area (TPSA) is 128 Å². The highest BCUT2D eigenvalue weighted by Gasteiger charge is 2.49. The van der Waals surface area contributed by atoms with Gasteiger partial charge >= 0.3 is 5.51 Å². The fourth-order valence-electron chi connectivity index (χ4n) is 9.40. The van der Waals surface area contributed by atoms with E-state index in [1.54, 1.807) is 12.1 Å². The van der Waals surface area contributed by atoms with Crippen LogP contribution in [0.25, 0.3) is 5.57 Å². The molecule has 3 atom stereocenters. The molecule has 0 radical (unpaired) electrons. The first-order valence-corrected chi connectivity index (χ1v) is 26.5. The summed E-state index contributed by atoms with van der Waals surface area (Å²) < 4.78 is 104. The molecule has 1 amide bonds. The highest BCUT2D eigenvalue weighted by atomic mass is 35.5. The number of piperazine rings is 1. The van der Waals surface area contributed by atoms with E-state index in [0.29, 0.717) is 36.4 Å². The summed E-state index contributed by atoms with van der Waals surface area (Å²) in [5.41, 5.74) is -0.999. The van der Waals surface area contributed by atoms with Gasteiger partial charge in [-0.15, -0.1) is 11.8 Å². The van der Waals surface area contributed by atoms with Crippen LogP contribution in [0.2, 0.25) is 5.02 Å². The molecule has 3 fully saturated rings. The van der Waals surface area contributed by atoms with Crippen molar-refractivity contribution in [1.82, 2.24) is 14.5 Å². The third-order valence-electron chi connectivity index (χ3n) is 13.1. The minimum atomic E-state index is -6.05. The van der Waals surface area contributed by atoms with Gasteiger partial charge in [-0.25, -0.2) is 21.6 Å². The highest BCUT2D eigenvalue weighted by molar-refractivity contribution is 7.99. The maximum atomic E-state index is 14.2. The van der Waals surface area contributed by atoms with Crippen LogP contribution in [0.3, 0.4) is 0 Å². The third kappa shape index (κ3) is 11.4. The molecule has 4 aromatic carbocycles. The number of anilines is 2. The molecule has 18 heteroatoms. The summed E-state index contributed by atoms with van der Waals surface area (Å²) in [6.07, 6.45) is 4.67. The molecular weight excluding hydrogens is 931 g/mol. The van der Waals surface area contributed by atoms with Crippen molar-refractivity contribution < 1.29 is 39.5 Å². The summed E-state index contributed by atoms with van der Waals surface area (Å²) in [4.78, 5) is 19.2. The average Bonchev–Trinajstić information content (AvgIpc) is 3.92. The lowest BCUT2D eigenvalue weighted by atomic mass is 9.73. The Morgan fingerprint density at radius 3 is 2.30 bits per heavy atom. The van der Waals surface area contributed by atoms with Crippen LogP contribution in [0.4, 0.5) is 24.5 Å². The molecule has 8 rings (SSSR count).